The van der Waals surface area contributed by atoms with Crippen LogP contribution in [-0.2, 0) is 18.3 Å². The van der Waals surface area contributed by atoms with Crippen LogP contribution in [0.25, 0.3) is 0 Å². The first-order valence-electron chi connectivity index (χ1n) is 4.01. The van der Waals surface area contributed by atoms with Gasteiger partial charge >= 0.3 is 5.97 Å². The highest BCUT2D eigenvalue weighted by molar-refractivity contribution is 5.73. The van der Waals surface area contributed by atoms with Gasteiger partial charge in [0.25, 0.3) is 0 Å². The van der Waals surface area contributed by atoms with Gasteiger partial charge in [0, 0.05) is 19.7 Å². The molecule has 0 saturated heterocycles. The molecule has 1 unspecified atom stereocenters. The number of likely N-dealkylation sites (N-methyl/N-ethyl adjacent to an activating group) is 1. The second-order valence-corrected chi connectivity index (χ2v) is 2.91. The summed E-state index contributed by atoms with van der Waals surface area (Å²) in [7, 11) is 3.44. The molecule has 0 aliphatic rings. The molecule has 0 saturated carbocycles. The van der Waals surface area contributed by atoms with Crippen LogP contribution < -0.4 is 5.32 Å². The number of hydrogen-bond donors (Lipinski definition) is 2. The monoisotopic (exact) mass is 183 g/mol. The predicted octanol–water partition coefficient (Wildman–Crippen LogP) is -0.365. The van der Waals surface area contributed by atoms with E-state index < -0.39 is 12.0 Å². The minimum Gasteiger partial charge on any atom is -0.480 e. The number of carboxylic acid groups (broad SMARTS) is 1. The van der Waals surface area contributed by atoms with Gasteiger partial charge in [-0.25, -0.2) is 0 Å². The SMILES string of the molecule is CNC(Cc1cnn(C)c1)C(=O)O. The average Bonchev–Trinajstić information content (AvgIpc) is 2.46. The quantitative estimate of drug-likeness (QED) is 0.668. The second-order valence-electron chi connectivity index (χ2n) is 2.91. The van der Waals surface area contributed by atoms with Crippen LogP contribution in [-0.4, -0.2) is 33.9 Å². The summed E-state index contributed by atoms with van der Waals surface area (Å²) in [6.07, 6.45) is 3.94. The Bertz CT molecular complexity index is 295. The molecule has 0 aliphatic carbocycles. The van der Waals surface area contributed by atoms with Crippen molar-refractivity contribution in [3.05, 3.63) is 18.0 Å². The van der Waals surface area contributed by atoms with Crippen LogP contribution in [0, 0.1) is 0 Å². The molecule has 0 aliphatic heterocycles. The van der Waals surface area contributed by atoms with Gasteiger partial charge in [-0.3, -0.25) is 9.48 Å². The Balaban J connectivity index is 2.61. The Morgan fingerprint density at radius 1 is 1.85 bits per heavy atom. The van der Waals surface area contributed by atoms with Gasteiger partial charge in [0.2, 0.25) is 0 Å². The molecular formula is C8H13N3O2. The third kappa shape index (κ3) is 2.55. The van der Waals surface area contributed by atoms with Gasteiger partial charge in [-0.05, 0) is 12.6 Å². The molecule has 0 aromatic carbocycles. The summed E-state index contributed by atoms with van der Waals surface area (Å²) in [4.78, 5) is 10.7. The van der Waals surface area contributed by atoms with Crippen LogP contribution in [0.4, 0.5) is 0 Å². The topological polar surface area (TPSA) is 67.2 Å². The number of aryl methyl sites for hydroxylation is 1. The second kappa shape index (κ2) is 4.04. The molecule has 72 valence electrons. The zero-order chi connectivity index (χ0) is 9.84. The van der Waals surface area contributed by atoms with Crippen molar-refractivity contribution < 1.29 is 9.90 Å². The van der Waals surface area contributed by atoms with Crippen molar-refractivity contribution in [2.45, 2.75) is 12.5 Å². The summed E-state index contributed by atoms with van der Waals surface area (Å²) in [5, 5.41) is 15.4. The van der Waals surface area contributed by atoms with Crippen LogP contribution in [0.3, 0.4) is 0 Å². The molecule has 1 rings (SSSR count). The van der Waals surface area contributed by atoms with E-state index >= 15 is 0 Å². The van der Waals surface area contributed by atoms with E-state index in [1.165, 1.54) is 0 Å². The first-order valence-corrected chi connectivity index (χ1v) is 4.01. The Hall–Kier alpha value is -1.36. The lowest BCUT2D eigenvalue weighted by molar-refractivity contribution is -0.139. The van der Waals surface area contributed by atoms with Crippen LogP contribution in [0.5, 0.6) is 0 Å². The van der Waals surface area contributed by atoms with Crippen LogP contribution in [0.15, 0.2) is 12.4 Å². The molecule has 2 N–H and O–H groups in total. The third-order valence-electron chi connectivity index (χ3n) is 1.84. The first kappa shape index (κ1) is 9.73. The normalized spacial score (nSPS) is 12.8. The van der Waals surface area contributed by atoms with Crippen molar-refractivity contribution >= 4 is 5.97 Å². The Labute approximate surface area is 76.4 Å². The van der Waals surface area contributed by atoms with Gasteiger partial charge in [-0.2, -0.15) is 5.10 Å². The number of hydrogen-bond acceptors (Lipinski definition) is 3. The molecule has 1 aromatic heterocycles. The molecule has 0 amide bonds. The lowest BCUT2D eigenvalue weighted by Gasteiger charge is -2.08. The third-order valence-corrected chi connectivity index (χ3v) is 1.84. The summed E-state index contributed by atoms with van der Waals surface area (Å²) >= 11 is 0. The van der Waals surface area contributed by atoms with Crippen molar-refractivity contribution in [2.24, 2.45) is 7.05 Å². The summed E-state index contributed by atoms with van der Waals surface area (Å²) in [5.74, 6) is -0.841. The highest BCUT2D eigenvalue weighted by Gasteiger charge is 2.15. The van der Waals surface area contributed by atoms with Gasteiger partial charge < -0.3 is 10.4 Å². The molecule has 5 heteroatoms. The van der Waals surface area contributed by atoms with E-state index in [0.717, 1.165) is 5.56 Å². The number of aliphatic carboxylic acids is 1. The molecule has 13 heavy (non-hydrogen) atoms. The summed E-state index contributed by atoms with van der Waals surface area (Å²) in [6.45, 7) is 0. The fraction of sp³-hybridized carbons (Fsp3) is 0.500. The zero-order valence-corrected chi connectivity index (χ0v) is 7.69. The summed E-state index contributed by atoms with van der Waals surface area (Å²) in [6, 6.07) is -0.538. The van der Waals surface area contributed by atoms with Crippen molar-refractivity contribution in [1.82, 2.24) is 15.1 Å². The number of nitrogens with one attached hydrogen (secondary N) is 1. The first-order chi connectivity index (χ1) is 6.13. The smallest absolute Gasteiger partial charge is 0.321 e. The number of carbonyl (C=O) groups is 1. The number of aromatic nitrogens is 2. The standard InChI is InChI=1S/C8H13N3O2/c1-9-7(8(12)13)3-6-4-10-11(2)5-6/h4-5,7,9H,3H2,1-2H3,(H,12,13). The maximum Gasteiger partial charge on any atom is 0.321 e. The van der Waals surface area contributed by atoms with Gasteiger partial charge in [0.15, 0.2) is 0 Å². The molecular weight excluding hydrogens is 170 g/mol. The molecule has 0 bridgehead atoms. The highest BCUT2D eigenvalue weighted by atomic mass is 16.4. The molecule has 1 aromatic rings. The average molecular weight is 183 g/mol. The van der Waals surface area contributed by atoms with E-state index in [2.05, 4.69) is 10.4 Å². The van der Waals surface area contributed by atoms with E-state index in [1.54, 1.807) is 25.0 Å². The minimum atomic E-state index is -0.841. The number of carboxylic acids is 1. The Morgan fingerprint density at radius 3 is 2.92 bits per heavy atom. The molecule has 0 spiro atoms. The van der Waals surface area contributed by atoms with E-state index in [0.29, 0.717) is 6.42 Å². The maximum atomic E-state index is 10.7. The Morgan fingerprint density at radius 2 is 2.54 bits per heavy atom. The summed E-state index contributed by atoms with van der Waals surface area (Å²) in [5.41, 5.74) is 0.921. The van der Waals surface area contributed by atoms with E-state index in [1.807, 2.05) is 6.20 Å². The minimum absolute atomic E-state index is 0.458. The highest BCUT2D eigenvalue weighted by Crippen LogP contribution is 2.01. The largest absolute Gasteiger partial charge is 0.480 e. The number of nitrogens with zero attached hydrogens (tertiary/aromatic N) is 2. The van der Waals surface area contributed by atoms with Crippen molar-refractivity contribution in [2.75, 3.05) is 7.05 Å². The zero-order valence-electron chi connectivity index (χ0n) is 7.69. The Kier molecular flexibility index (Phi) is 3.02. The lowest BCUT2D eigenvalue weighted by Crippen LogP contribution is -2.35. The van der Waals surface area contributed by atoms with Gasteiger partial charge in [0.1, 0.15) is 6.04 Å². The predicted molar refractivity (Wildman–Crippen MR) is 47.4 cm³/mol. The van der Waals surface area contributed by atoms with E-state index in [-0.39, 0.29) is 0 Å². The fourth-order valence-electron chi connectivity index (χ4n) is 1.13. The lowest BCUT2D eigenvalue weighted by atomic mass is 10.1. The van der Waals surface area contributed by atoms with Gasteiger partial charge in [-0.15, -0.1) is 0 Å². The van der Waals surface area contributed by atoms with Crippen LogP contribution >= 0.6 is 0 Å². The van der Waals surface area contributed by atoms with Crippen molar-refractivity contribution in [3.8, 4) is 0 Å². The maximum absolute atomic E-state index is 10.7. The van der Waals surface area contributed by atoms with Crippen molar-refractivity contribution in [3.63, 3.8) is 0 Å². The molecule has 5 nitrogen and oxygen atoms in total. The van der Waals surface area contributed by atoms with Crippen molar-refractivity contribution in [1.29, 1.82) is 0 Å². The molecule has 0 fully saturated rings. The van der Waals surface area contributed by atoms with Crippen LogP contribution in [0.1, 0.15) is 5.56 Å². The number of rotatable bonds is 4. The molecule has 0 radical (unpaired) electrons. The van der Waals surface area contributed by atoms with E-state index in [9.17, 15) is 4.79 Å². The van der Waals surface area contributed by atoms with Crippen LogP contribution in [0.2, 0.25) is 0 Å². The van der Waals surface area contributed by atoms with Gasteiger partial charge in [-0.1, -0.05) is 0 Å². The van der Waals surface area contributed by atoms with E-state index in [4.69, 9.17) is 5.11 Å². The van der Waals surface area contributed by atoms with Gasteiger partial charge in [0.05, 0.1) is 6.20 Å². The fourth-order valence-corrected chi connectivity index (χ4v) is 1.13. The molecule has 1 atom stereocenters. The molecule has 1 heterocycles. The summed E-state index contributed by atoms with van der Waals surface area (Å²) < 4.78 is 1.66.